The Hall–Kier alpha value is -3.13. The number of ether oxygens (including phenoxy) is 3. The maximum atomic E-state index is 12.9. The number of benzene rings is 1. The molecule has 1 aromatic carbocycles. The summed E-state index contributed by atoms with van der Waals surface area (Å²) in [4.78, 5) is 30.2. The van der Waals surface area contributed by atoms with Gasteiger partial charge in [0.15, 0.2) is 0 Å². The highest BCUT2D eigenvalue weighted by Gasteiger charge is 2.29. The smallest absolute Gasteiger partial charge is 0.410 e. The van der Waals surface area contributed by atoms with Gasteiger partial charge in [-0.15, -0.1) is 0 Å². The molecule has 8 heteroatoms. The largest absolute Gasteiger partial charge is 0.488 e. The van der Waals surface area contributed by atoms with E-state index in [2.05, 4.69) is 11.1 Å². The minimum Gasteiger partial charge on any atom is -0.488 e. The van der Waals surface area contributed by atoms with E-state index in [1.165, 1.54) is 4.90 Å². The molecule has 0 saturated carbocycles. The molecule has 8 nitrogen and oxygen atoms in total. The zero-order valence-corrected chi connectivity index (χ0v) is 21.0. The molecule has 0 aliphatic carbocycles. The van der Waals surface area contributed by atoms with Crippen LogP contribution in [0.2, 0.25) is 0 Å². The van der Waals surface area contributed by atoms with Crippen molar-refractivity contribution >= 4 is 12.1 Å². The first-order valence-corrected chi connectivity index (χ1v) is 12.1. The lowest BCUT2D eigenvalue weighted by Crippen LogP contribution is -2.45. The minimum absolute atomic E-state index is 0.0696. The van der Waals surface area contributed by atoms with Crippen LogP contribution < -0.4 is 4.74 Å². The van der Waals surface area contributed by atoms with E-state index < -0.39 is 17.8 Å². The van der Waals surface area contributed by atoms with E-state index in [1.54, 1.807) is 31.5 Å². The third-order valence-corrected chi connectivity index (χ3v) is 5.62. The molecule has 0 bridgehead atoms. The van der Waals surface area contributed by atoms with Gasteiger partial charge in [0.1, 0.15) is 17.5 Å². The van der Waals surface area contributed by atoms with Gasteiger partial charge in [-0.2, -0.15) is 0 Å². The number of fused-ring (bicyclic) bond motifs is 1. The molecular formula is C27H36N2O6. The Balaban J connectivity index is 1.66. The number of carbonyl (C=O) groups excluding carboxylic acids is 2. The van der Waals surface area contributed by atoms with Crippen LogP contribution >= 0.6 is 0 Å². The summed E-state index contributed by atoms with van der Waals surface area (Å²) in [6, 6.07) is 9.47. The Morgan fingerprint density at radius 3 is 2.77 bits per heavy atom. The van der Waals surface area contributed by atoms with Crippen molar-refractivity contribution in [3.63, 3.8) is 0 Å². The first-order chi connectivity index (χ1) is 16.6. The second-order valence-corrected chi connectivity index (χ2v) is 9.71. The summed E-state index contributed by atoms with van der Waals surface area (Å²) in [5.41, 5.74) is 2.12. The van der Waals surface area contributed by atoms with Crippen LogP contribution in [0.5, 0.6) is 5.75 Å². The van der Waals surface area contributed by atoms with Crippen molar-refractivity contribution in [3.05, 3.63) is 59.4 Å². The van der Waals surface area contributed by atoms with Crippen LogP contribution in [-0.4, -0.2) is 58.5 Å². The van der Waals surface area contributed by atoms with E-state index in [4.69, 9.17) is 14.2 Å². The van der Waals surface area contributed by atoms with Crippen LogP contribution in [0.1, 0.15) is 63.3 Å². The molecule has 0 radical (unpaired) electrons. The Bertz CT molecular complexity index is 989. The summed E-state index contributed by atoms with van der Waals surface area (Å²) in [7, 11) is 0. The minimum atomic E-state index is -0.894. The van der Waals surface area contributed by atoms with Crippen molar-refractivity contribution in [3.8, 4) is 5.75 Å². The van der Waals surface area contributed by atoms with Gasteiger partial charge in [0.05, 0.1) is 25.8 Å². The Morgan fingerprint density at radius 2 is 2.09 bits per heavy atom. The lowest BCUT2D eigenvalue weighted by molar-refractivity contribution is -0.143. The first-order valence-electron chi connectivity index (χ1n) is 12.1. The fourth-order valence-electron chi connectivity index (χ4n) is 3.94. The highest BCUT2D eigenvalue weighted by Crippen LogP contribution is 2.30. The second-order valence-electron chi connectivity index (χ2n) is 9.71. The van der Waals surface area contributed by atoms with Crippen molar-refractivity contribution in [2.45, 2.75) is 71.2 Å². The quantitative estimate of drug-likeness (QED) is 0.532. The molecule has 1 aliphatic rings. The number of amides is 1. The number of carbonyl (C=O) groups is 2. The van der Waals surface area contributed by atoms with E-state index >= 15 is 0 Å². The van der Waals surface area contributed by atoms with E-state index in [9.17, 15) is 14.7 Å². The highest BCUT2D eigenvalue weighted by atomic mass is 16.6. The molecule has 2 atom stereocenters. The molecule has 1 amide bonds. The zero-order chi connectivity index (χ0) is 25.4. The van der Waals surface area contributed by atoms with Gasteiger partial charge in [0.2, 0.25) is 0 Å². The monoisotopic (exact) mass is 484 g/mol. The van der Waals surface area contributed by atoms with Gasteiger partial charge < -0.3 is 24.2 Å². The predicted octanol–water partition coefficient (Wildman–Crippen LogP) is 4.24. The predicted molar refractivity (Wildman–Crippen MR) is 131 cm³/mol. The SMILES string of the molecule is CCOC(=O)CCc1ccc2c(c1)CC[C@H](CN(CC(O)c1cccnc1)C(=O)OC(C)(C)C)O2. The Kier molecular flexibility index (Phi) is 9.09. The number of esters is 1. The van der Waals surface area contributed by atoms with Gasteiger partial charge in [-0.25, -0.2) is 4.79 Å². The topological polar surface area (TPSA) is 98.2 Å². The van der Waals surface area contributed by atoms with Crippen LogP contribution in [-0.2, 0) is 27.1 Å². The molecule has 190 valence electrons. The van der Waals surface area contributed by atoms with E-state index in [0.717, 1.165) is 29.7 Å². The number of pyridine rings is 1. The summed E-state index contributed by atoms with van der Waals surface area (Å²) in [6.45, 7) is 7.98. The molecule has 1 N–H and O–H groups in total. The number of nitrogens with zero attached hydrogens (tertiary/aromatic N) is 2. The van der Waals surface area contributed by atoms with Gasteiger partial charge in [0.25, 0.3) is 0 Å². The second kappa shape index (κ2) is 12.0. The third-order valence-electron chi connectivity index (χ3n) is 5.62. The van der Waals surface area contributed by atoms with Crippen molar-refractivity contribution < 1.29 is 28.9 Å². The summed E-state index contributed by atoms with van der Waals surface area (Å²) in [6.07, 6.45) is 4.08. The van der Waals surface area contributed by atoms with Crippen molar-refractivity contribution in [1.82, 2.24) is 9.88 Å². The number of aryl methyl sites for hydroxylation is 2. The van der Waals surface area contributed by atoms with E-state index in [-0.39, 0.29) is 25.2 Å². The molecule has 1 aliphatic heterocycles. The number of hydrogen-bond acceptors (Lipinski definition) is 7. The molecule has 35 heavy (non-hydrogen) atoms. The fourth-order valence-corrected chi connectivity index (χ4v) is 3.94. The van der Waals surface area contributed by atoms with Crippen LogP contribution in [0.25, 0.3) is 0 Å². The van der Waals surface area contributed by atoms with Gasteiger partial charge in [0, 0.05) is 24.4 Å². The molecule has 0 saturated heterocycles. The van der Waals surface area contributed by atoms with Crippen LogP contribution in [0.4, 0.5) is 4.79 Å². The highest BCUT2D eigenvalue weighted by molar-refractivity contribution is 5.69. The molecule has 2 aromatic rings. The molecule has 1 unspecified atom stereocenters. The van der Waals surface area contributed by atoms with Gasteiger partial charge >= 0.3 is 12.1 Å². The van der Waals surface area contributed by atoms with Crippen LogP contribution in [0.15, 0.2) is 42.7 Å². The van der Waals surface area contributed by atoms with Gasteiger partial charge in [-0.3, -0.25) is 9.78 Å². The van der Waals surface area contributed by atoms with Gasteiger partial charge in [-0.1, -0.05) is 18.2 Å². The molecule has 3 rings (SSSR count). The van der Waals surface area contributed by atoms with Gasteiger partial charge in [-0.05, 0) is 70.2 Å². The van der Waals surface area contributed by atoms with Crippen LogP contribution in [0.3, 0.4) is 0 Å². The lowest BCUT2D eigenvalue weighted by atomic mass is 9.98. The number of aromatic nitrogens is 1. The number of aliphatic hydroxyl groups is 1. The molecule has 0 spiro atoms. The normalized spacial score (nSPS) is 16.0. The van der Waals surface area contributed by atoms with E-state index in [1.807, 2.05) is 32.9 Å². The fraction of sp³-hybridized carbons (Fsp3) is 0.519. The summed E-state index contributed by atoms with van der Waals surface area (Å²) in [5.74, 6) is 0.579. The van der Waals surface area contributed by atoms with E-state index in [0.29, 0.717) is 25.0 Å². The summed E-state index contributed by atoms with van der Waals surface area (Å²) in [5, 5.41) is 10.7. The zero-order valence-electron chi connectivity index (χ0n) is 21.0. The molecule has 1 aromatic heterocycles. The molecule has 0 fully saturated rings. The number of aliphatic hydroxyl groups excluding tert-OH is 1. The maximum absolute atomic E-state index is 12.9. The average Bonchev–Trinajstić information content (AvgIpc) is 2.82. The number of rotatable bonds is 9. The van der Waals surface area contributed by atoms with Crippen molar-refractivity contribution in [2.24, 2.45) is 0 Å². The maximum Gasteiger partial charge on any atom is 0.410 e. The molecule has 2 heterocycles. The van der Waals surface area contributed by atoms with Crippen molar-refractivity contribution in [2.75, 3.05) is 19.7 Å². The van der Waals surface area contributed by atoms with Crippen LogP contribution in [0, 0.1) is 0 Å². The lowest BCUT2D eigenvalue weighted by Gasteiger charge is -2.33. The molecular weight excluding hydrogens is 448 g/mol. The number of hydrogen-bond donors (Lipinski definition) is 1. The third kappa shape index (κ3) is 8.24. The summed E-state index contributed by atoms with van der Waals surface area (Å²) >= 11 is 0. The summed E-state index contributed by atoms with van der Waals surface area (Å²) < 4.78 is 16.8. The Labute approximate surface area is 207 Å². The standard InChI is InChI=1S/C27H36N2O6/c1-5-33-25(31)13-9-19-8-12-24-20(15-19)10-11-22(34-24)17-29(26(32)35-27(2,3)4)18-23(30)21-7-6-14-28-16-21/h6-8,12,14-16,22-23,30H,5,9-11,13,17-18H2,1-4H3/t22-,23?/m1/s1. The first kappa shape index (κ1) is 26.5. The van der Waals surface area contributed by atoms with Crippen molar-refractivity contribution in [1.29, 1.82) is 0 Å². The average molecular weight is 485 g/mol. The Morgan fingerprint density at radius 1 is 1.29 bits per heavy atom.